The molecule has 1 unspecified atom stereocenters. The maximum absolute atomic E-state index is 15.4. The minimum absolute atomic E-state index is 0.0289. The first-order valence-corrected chi connectivity index (χ1v) is 19.4. The van der Waals surface area contributed by atoms with Gasteiger partial charge in [-0.1, -0.05) is 23.7 Å². The summed E-state index contributed by atoms with van der Waals surface area (Å²) < 4.78 is 132. The van der Waals surface area contributed by atoms with Gasteiger partial charge in [0.1, 0.15) is 29.6 Å². The van der Waals surface area contributed by atoms with E-state index in [1.165, 1.54) is 24.1 Å². The lowest BCUT2D eigenvalue weighted by Gasteiger charge is -2.23. The van der Waals surface area contributed by atoms with Gasteiger partial charge in [-0.05, 0) is 48.6 Å². The third-order valence-electron chi connectivity index (χ3n) is 9.92. The Bertz CT molecular complexity index is 2730. The van der Waals surface area contributed by atoms with Crippen LogP contribution in [0.5, 0.6) is 0 Å². The van der Waals surface area contributed by atoms with Crippen LogP contribution >= 0.6 is 11.6 Å². The highest BCUT2D eigenvalue weighted by Crippen LogP contribution is 2.68. The summed E-state index contributed by atoms with van der Waals surface area (Å²) in [6.45, 7) is -1.07. The van der Waals surface area contributed by atoms with Gasteiger partial charge >= 0.3 is 6.18 Å². The predicted octanol–water partition coefficient (Wildman–Crippen LogP) is 6.86. The molecule has 12 nitrogen and oxygen atoms in total. The number of aryl methyl sites for hydroxylation is 2. The van der Waals surface area contributed by atoms with Crippen molar-refractivity contribution < 1.29 is 43.9 Å². The minimum Gasteiger partial charge on any atom is -0.346 e. The van der Waals surface area contributed by atoms with Crippen LogP contribution in [-0.2, 0) is 54.0 Å². The van der Waals surface area contributed by atoms with Crippen LogP contribution in [0.25, 0.3) is 33.4 Å². The zero-order valence-electron chi connectivity index (χ0n) is 29.8. The van der Waals surface area contributed by atoms with E-state index in [1.54, 1.807) is 36.0 Å². The molecule has 57 heavy (non-hydrogen) atoms. The van der Waals surface area contributed by atoms with Gasteiger partial charge in [0.05, 0.1) is 45.9 Å². The summed E-state index contributed by atoms with van der Waals surface area (Å²) in [4.78, 5) is 23.1. The molecule has 2 N–H and O–H groups in total. The highest BCUT2D eigenvalue weighted by molar-refractivity contribution is 7.92. The summed E-state index contributed by atoms with van der Waals surface area (Å²) in [6.07, 6.45) is -1.49. The van der Waals surface area contributed by atoms with Crippen LogP contribution in [0.15, 0.2) is 55.0 Å². The number of rotatable bonds is 10. The van der Waals surface area contributed by atoms with Gasteiger partial charge < -0.3 is 9.88 Å². The quantitative estimate of drug-likeness (QED) is 0.144. The monoisotopic (exact) mass is 835 g/mol. The molecule has 4 aromatic heterocycles. The Morgan fingerprint density at radius 2 is 1.74 bits per heavy atom. The Hall–Kier alpha value is -5.50. The number of hydrogen-bond donors (Lipinski definition) is 2. The number of alkyl halides is 5. The van der Waals surface area contributed by atoms with E-state index < -0.39 is 81.0 Å². The standard InChI is InChI=1S/C36H29ClF7N9O3S/c1-51-13-26(45-15-51)24-7-5-19(20-4-6-23(37)29-31(20)52(2)49-34(29)50-57(3,55)56)30(47-24)25(10-16-8-17(38)11-18(39)9-16)46-27(54)14-53-33-28(32(48-53)36(42,43)44)21-12-22(21)35(33,40)41/h4-9,11,13,15,21-22,25H,10,12,14H2,1-3H3,(H,46,54)(H,49,50)/t21-,22+,25?/m0/s1. The van der Waals surface area contributed by atoms with Crippen LogP contribution in [0.1, 0.15) is 46.6 Å². The fourth-order valence-corrected chi connectivity index (χ4v) is 8.38. The number of hydrogen-bond acceptors (Lipinski definition) is 7. The van der Waals surface area contributed by atoms with E-state index >= 15 is 8.78 Å². The number of imidazole rings is 1. The summed E-state index contributed by atoms with van der Waals surface area (Å²) >= 11 is 6.58. The average Bonchev–Trinajstić information content (AvgIpc) is 3.32. The fraction of sp³-hybridized carbons (Fsp3) is 0.306. The third-order valence-corrected chi connectivity index (χ3v) is 10.8. The van der Waals surface area contributed by atoms with Crippen molar-refractivity contribution in [3.05, 3.63) is 99.9 Å². The van der Waals surface area contributed by atoms with Crippen molar-refractivity contribution in [3.63, 3.8) is 0 Å². The Morgan fingerprint density at radius 1 is 1.04 bits per heavy atom. The lowest BCUT2D eigenvalue weighted by atomic mass is 9.93. The third kappa shape index (κ3) is 6.98. The van der Waals surface area contributed by atoms with Crippen LogP contribution in [-0.4, -0.2) is 54.7 Å². The number of carbonyl (C=O) groups is 1. The molecular formula is C36H29ClF7N9O3S. The molecule has 6 aromatic rings. The molecule has 4 heterocycles. The Balaban J connectivity index is 1.29. The van der Waals surface area contributed by atoms with E-state index in [0.717, 1.165) is 18.4 Å². The maximum atomic E-state index is 15.4. The number of nitrogens with zero attached hydrogens (tertiary/aromatic N) is 7. The molecule has 8 rings (SSSR count). The maximum Gasteiger partial charge on any atom is 0.435 e. The van der Waals surface area contributed by atoms with Crippen LogP contribution < -0.4 is 10.0 Å². The number of sulfonamides is 1. The van der Waals surface area contributed by atoms with Crippen LogP contribution in [0.4, 0.5) is 36.6 Å². The van der Waals surface area contributed by atoms with E-state index in [1.807, 2.05) is 0 Å². The Morgan fingerprint density at radius 3 is 2.39 bits per heavy atom. The van der Waals surface area contributed by atoms with E-state index in [9.17, 15) is 35.2 Å². The number of anilines is 1. The molecule has 21 heteroatoms. The second-order valence-corrected chi connectivity index (χ2v) is 16.3. The normalized spacial score (nSPS) is 17.7. The first kappa shape index (κ1) is 38.4. The molecule has 1 fully saturated rings. The molecule has 0 bridgehead atoms. The van der Waals surface area contributed by atoms with Crippen molar-refractivity contribution >= 4 is 44.3 Å². The van der Waals surface area contributed by atoms with Gasteiger partial charge in [0.25, 0.3) is 5.92 Å². The van der Waals surface area contributed by atoms with Crippen molar-refractivity contribution in [2.45, 2.75) is 43.4 Å². The number of pyridine rings is 1. The fourth-order valence-electron chi connectivity index (χ4n) is 7.65. The molecule has 298 valence electrons. The molecule has 0 spiro atoms. The lowest BCUT2D eigenvalue weighted by Crippen LogP contribution is -2.35. The number of nitrogens with one attached hydrogen (secondary N) is 2. The van der Waals surface area contributed by atoms with Gasteiger partial charge in [0, 0.05) is 49.0 Å². The molecule has 1 amide bonds. The van der Waals surface area contributed by atoms with Gasteiger partial charge in [-0.15, -0.1) is 0 Å². The first-order valence-electron chi connectivity index (χ1n) is 17.1. The summed E-state index contributed by atoms with van der Waals surface area (Å²) in [5.41, 5.74) is -1.44. The second kappa shape index (κ2) is 13.3. The molecule has 2 aliphatic carbocycles. The topological polar surface area (TPSA) is 142 Å². The minimum atomic E-state index is -5.07. The van der Waals surface area contributed by atoms with E-state index in [-0.39, 0.29) is 51.6 Å². The van der Waals surface area contributed by atoms with Gasteiger partial charge in [-0.25, -0.2) is 27.2 Å². The van der Waals surface area contributed by atoms with Gasteiger partial charge in [0.2, 0.25) is 15.9 Å². The lowest BCUT2D eigenvalue weighted by molar-refractivity contribution is -0.142. The SMILES string of the molecule is Cn1cnc(-c2ccc(-c3ccc(Cl)c4c(NS(C)(=O)=O)nn(C)c34)c(C(Cc3cc(F)cc(F)c3)NC(=O)Cn3nc(C(F)(F)F)c4c3C(F)(F)[C@@H]3C[C@H]43)n2)c1. The molecule has 1 saturated carbocycles. The Kier molecular flexibility index (Phi) is 8.95. The van der Waals surface area contributed by atoms with Gasteiger partial charge in [-0.2, -0.15) is 32.1 Å². The van der Waals surface area contributed by atoms with Crippen molar-refractivity contribution in [2.24, 2.45) is 20.0 Å². The smallest absolute Gasteiger partial charge is 0.346 e. The van der Waals surface area contributed by atoms with Crippen molar-refractivity contribution in [1.82, 2.24) is 39.4 Å². The van der Waals surface area contributed by atoms with Crippen LogP contribution in [0.3, 0.4) is 0 Å². The van der Waals surface area contributed by atoms with Crippen LogP contribution in [0, 0.1) is 17.6 Å². The summed E-state index contributed by atoms with van der Waals surface area (Å²) in [5, 5.41) is 10.8. The molecule has 2 aromatic carbocycles. The molecule has 2 aliphatic rings. The largest absolute Gasteiger partial charge is 0.435 e. The highest BCUT2D eigenvalue weighted by atomic mass is 35.5. The number of fused-ring (bicyclic) bond motifs is 4. The zero-order valence-corrected chi connectivity index (χ0v) is 31.4. The summed E-state index contributed by atoms with van der Waals surface area (Å²) in [7, 11) is -0.597. The highest BCUT2D eigenvalue weighted by Gasteiger charge is 2.68. The molecule has 0 radical (unpaired) electrons. The van der Waals surface area contributed by atoms with E-state index in [2.05, 4.69) is 25.2 Å². The van der Waals surface area contributed by atoms with Crippen molar-refractivity contribution in [2.75, 3.05) is 11.0 Å². The van der Waals surface area contributed by atoms with E-state index in [4.69, 9.17) is 16.6 Å². The van der Waals surface area contributed by atoms with Crippen molar-refractivity contribution in [1.29, 1.82) is 0 Å². The number of amides is 1. The molecular weight excluding hydrogens is 807 g/mol. The number of carbonyl (C=O) groups excluding carboxylic acids is 1. The second-order valence-electron chi connectivity index (χ2n) is 14.2. The van der Waals surface area contributed by atoms with Gasteiger partial charge in [0.15, 0.2) is 11.5 Å². The van der Waals surface area contributed by atoms with Gasteiger partial charge in [-0.3, -0.25) is 18.9 Å². The van der Waals surface area contributed by atoms with Crippen LogP contribution in [0.2, 0.25) is 5.02 Å². The number of benzene rings is 2. The zero-order chi connectivity index (χ0) is 40.9. The predicted molar refractivity (Wildman–Crippen MR) is 193 cm³/mol. The molecule has 0 aliphatic heterocycles. The van der Waals surface area contributed by atoms with E-state index in [0.29, 0.717) is 27.5 Å². The Labute approximate surface area is 323 Å². The summed E-state index contributed by atoms with van der Waals surface area (Å²) in [6, 6.07) is 7.59. The summed E-state index contributed by atoms with van der Waals surface area (Å²) in [5.74, 6) is -9.11. The molecule has 3 atom stereocenters. The molecule has 0 saturated heterocycles. The first-order chi connectivity index (χ1) is 26.7. The average molecular weight is 836 g/mol. The number of halogens is 8. The van der Waals surface area contributed by atoms with Crippen molar-refractivity contribution in [3.8, 4) is 22.5 Å². The number of aromatic nitrogens is 7.